The van der Waals surface area contributed by atoms with Crippen LogP contribution >= 0.6 is 0 Å². The second-order valence-electron chi connectivity index (χ2n) is 4.11. The van der Waals surface area contributed by atoms with Crippen LogP contribution in [0.15, 0.2) is 30.6 Å². The van der Waals surface area contributed by atoms with Gasteiger partial charge in [-0.05, 0) is 25.0 Å². The van der Waals surface area contributed by atoms with Crippen molar-refractivity contribution in [3.63, 3.8) is 0 Å². The maximum atomic E-state index is 4.58. The van der Waals surface area contributed by atoms with Crippen molar-refractivity contribution < 1.29 is 0 Å². The Bertz CT molecular complexity index is 499. The maximum Gasteiger partial charge on any atom is 0.127 e. The third kappa shape index (κ3) is 1.66. The Morgan fingerprint density at radius 3 is 3.00 bits per heavy atom. The van der Waals surface area contributed by atoms with Crippen LogP contribution in [-0.2, 0) is 0 Å². The van der Waals surface area contributed by atoms with Gasteiger partial charge in [-0.2, -0.15) is 5.10 Å². The van der Waals surface area contributed by atoms with E-state index in [0.717, 1.165) is 11.5 Å². The summed E-state index contributed by atoms with van der Waals surface area (Å²) in [5.41, 5.74) is 2.26. The lowest BCUT2D eigenvalue weighted by molar-refractivity contribution is 0.836. The first-order valence-corrected chi connectivity index (χ1v) is 5.56. The number of nitrogens with zero attached hydrogens (tertiary/aromatic N) is 3. The second kappa shape index (κ2) is 3.63. The van der Waals surface area contributed by atoms with Gasteiger partial charge in [0.05, 0.1) is 11.4 Å². The van der Waals surface area contributed by atoms with Gasteiger partial charge in [-0.1, -0.05) is 0 Å². The molecule has 1 aliphatic rings. The Labute approximate surface area is 94.3 Å². The lowest BCUT2D eigenvalue weighted by Crippen LogP contribution is -1.98. The number of rotatable bonds is 3. The summed E-state index contributed by atoms with van der Waals surface area (Å²) in [5, 5.41) is 7.61. The van der Waals surface area contributed by atoms with Crippen LogP contribution in [0.1, 0.15) is 24.5 Å². The van der Waals surface area contributed by atoms with E-state index < -0.39 is 0 Å². The molecule has 0 aliphatic heterocycles. The van der Waals surface area contributed by atoms with Crippen molar-refractivity contribution in [1.29, 1.82) is 0 Å². The Morgan fingerprint density at radius 2 is 2.25 bits per heavy atom. The highest BCUT2D eigenvalue weighted by molar-refractivity contribution is 5.43. The topological polar surface area (TPSA) is 42.7 Å². The van der Waals surface area contributed by atoms with E-state index in [2.05, 4.69) is 21.5 Å². The number of hydrogen-bond acceptors (Lipinski definition) is 3. The molecule has 0 radical (unpaired) electrons. The standard InChI is InChI=1S/C12H14N4/c1-13-12-8-10(4-6-14-12)16-7-5-11(15-16)9-2-3-9/h4-9H,2-3H2,1H3,(H,13,14). The molecule has 2 aromatic heterocycles. The molecule has 0 bridgehead atoms. The predicted molar refractivity (Wildman–Crippen MR) is 62.9 cm³/mol. The van der Waals surface area contributed by atoms with Gasteiger partial charge in [0, 0.05) is 31.4 Å². The van der Waals surface area contributed by atoms with Crippen LogP contribution in [0.5, 0.6) is 0 Å². The zero-order chi connectivity index (χ0) is 11.0. The largest absolute Gasteiger partial charge is 0.373 e. The Kier molecular flexibility index (Phi) is 2.13. The van der Waals surface area contributed by atoms with Crippen LogP contribution in [0, 0.1) is 0 Å². The fourth-order valence-electron chi connectivity index (χ4n) is 1.78. The van der Waals surface area contributed by atoms with Gasteiger partial charge in [-0.25, -0.2) is 9.67 Å². The van der Waals surface area contributed by atoms with E-state index in [-0.39, 0.29) is 0 Å². The lowest BCUT2D eigenvalue weighted by Gasteiger charge is -2.03. The molecule has 4 nitrogen and oxygen atoms in total. The molecule has 2 heterocycles. The normalized spacial score (nSPS) is 15.1. The maximum absolute atomic E-state index is 4.58. The molecule has 0 aromatic carbocycles. The van der Waals surface area contributed by atoms with Crippen LogP contribution in [-0.4, -0.2) is 21.8 Å². The molecule has 0 spiro atoms. The summed E-state index contributed by atoms with van der Waals surface area (Å²) < 4.78 is 1.91. The predicted octanol–water partition coefficient (Wildman–Crippen LogP) is 2.19. The van der Waals surface area contributed by atoms with E-state index in [0.29, 0.717) is 5.92 Å². The minimum atomic E-state index is 0.701. The number of hydrogen-bond donors (Lipinski definition) is 1. The smallest absolute Gasteiger partial charge is 0.127 e. The van der Waals surface area contributed by atoms with Crippen LogP contribution in [0.4, 0.5) is 5.82 Å². The molecular formula is C12H14N4. The average molecular weight is 214 g/mol. The summed E-state index contributed by atoms with van der Waals surface area (Å²) >= 11 is 0. The fourth-order valence-corrected chi connectivity index (χ4v) is 1.78. The second-order valence-corrected chi connectivity index (χ2v) is 4.11. The van der Waals surface area contributed by atoms with Gasteiger partial charge in [0.2, 0.25) is 0 Å². The number of pyridine rings is 1. The lowest BCUT2D eigenvalue weighted by atomic mass is 10.3. The molecule has 1 N–H and O–H groups in total. The molecule has 2 aromatic rings. The first-order chi connectivity index (χ1) is 7.86. The van der Waals surface area contributed by atoms with E-state index in [1.54, 1.807) is 6.20 Å². The van der Waals surface area contributed by atoms with Gasteiger partial charge in [0.25, 0.3) is 0 Å². The first-order valence-electron chi connectivity index (χ1n) is 5.56. The highest BCUT2D eigenvalue weighted by Crippen LogP contribution is 2.39. The van der Waals surface area contributed by atoms with E-state index >= 15 is 0 Å². The quantitative estimate of drug-likeness (QED) is 0.851. The molecule has 3 rings (SSSR count). The van der Waals surface area contributed by atoms with Gasteiger partial charge >= 0.3 is 0 Å². The van der Waals surface area contributed by atoms with Crippen molar-refractivity contribution in [3.8, 4) is 5.69 Å². The zero-order valence-electron chi connectivity index (χ0n) is 9.22. The van der Waals surface area contributed by atoms with Crippen molar-refractivity contribution >= 4 is 5.82 Å². The van der Waals surface area contributed by atoms with Crippen molar-refractivity contribution in [2.75, 3.05) is 12.4 Å². The van der Waals surface area contributed by atoms with E-state index in [1.165, 1.54) is 18.5 Å². The minimum Gasteiger partial charge on any atom is -0.373 e. The monoisotopic (exact) mass is 214 g/mol. The molecule has 16 heavy (non-hydrogen) atoms. The molecule has 0 amide bonds. The van der Waals surface area contributed by atoms with Gasteiger partial charge in [0.15, 0.2) is 0 Å². The van der Waals surface area contributed by atoms with Crippen LogP contribution in [0.25, 0.3) is 5.69 Å². The first kappa shape index (κ1) is 9.39. The molecule has 1 aliphatic carbocycles. The zero-order valence-corrected chi connectivity index (χ0v) is 9.22. The number of nitrogens with one attached hydrogen (secondary N) is 1. The summed E-state index contributed by atoms with van der Waals surface area (Å²) in [4.78, 5) is 4.19. The molecule has 0 atom stereocenters. The number of aromatic nitrogens is 3. The van der Waals surface area contributed by atoms with Crippen molar-refractivity contribution in [1.82, 2.24) is 14.8 Å². The summed E-state index contributed by atoms with van der Waals surface area (Å²) in [6.45, 7) is 0. The van der Waals surface area contributed by atoms with Gasteiger partial charge in [-0.15, -0.1) is 0 Å². The molecule has 0 saturated heterocycles. The summed E-state index contributed by atoms with van der Waals surface area (Å²) in [6.07, 6.45) is 6.38. The molecule has 0 unspecified atom stereocenters. The summed E-state index contributed by atoms with van der Waals surface area (Å²) in [7, 11) is 1.87. The van der Waals surface area contributed by atoms with Crippen molar-refractivity contribution in [3.05, 3.63) is 36.3 Å². The molecule has 82 valence electrons. The fraction of sp³-hybridized carbons (Fsp3) is 0.333. The Hall–Kier alpha value is -1.84. The van der Waals surface area contributed by atoms with Gasteiger partial charge < -0.3 is 5.32 Å². The van der Waals surface area contributed by atoms with E-state index in [4.69, 9.17) is 0 Å². The minimum absolute atomic E-state index is 0.701. The summed E-state index contributed by atoms with van der Waals surface area (Å²) in [6, 6.07) is 6.06. The van der Waals surface area contributed by atoms with Crippen molar-refractivity contribution in [2.45, 2.75) is 18.8 Å². The third-order valence-electron chi connectivity index (χ3n) is 2.87. The summed E-state index contributed by atoms with van der Waals surface area (Å²) in [5.74, 6) is 1.56. The molecular weight excluding hydrogens is 200 g/mol. The Balaban J connectivity index is 1.93. The third-order valence-corrected chi connectivity index (χ3v) is 2.87. The highest BCUT2D eigenvalue weighted by atomic mass is 15.3. The van der Waals surface area contributed by atoms with Gasteiger partial charge in [-0.3, -0.25) is 0 Å². The Morgan fingerprint density at radius 1 is 1.38 bits per heavy atom. The molecule has 4 heteroatoms. The SMILES string of the molecule is CNc1cc(-n2ccc(C3CC3)n2)ccn1. The van der Waals surface area contributed by atoms with Crippen LogP contribution in [0.3, 0.4) is 0 Å². The average Bonchev–Trinajstić information content (AvgIpc) is 3.07. The molecule has 1 fully saturated rings. The highest BCUT2D eigenvalue weighted by Gasteiger charge is 2.25. The van der Waals surface area contributed by atoms with Gasteiger partial charge in [0.1, 0.15) is 5.82 Å². The number of anilines is 1. The van der Waals surface area contributed by atoms with Crippen LogP contribution in [0.2, 0.25) is 0 Å². The van der Waals surface area contributed by atoms with Crippen molar-refractivity contribution in [2.24, 2.45) is 0 Å². The molecule has 1 saturated carbocycles. The van der Waals surface area contributed by atoms with E-state index in [9.17, 15) is 0 Å². The van der Waals surface area contributed by atoms with Crippen LogP contribution < -0.4 is 5.32 Å². The van der Waals surface area contributed by atoms with E-state index in [1.807, 2.05) is 30.1 Å².